The fourth-order valence-electron chi connectivity index (χ4n) is 3.57. The molecule has 1 atom stereocenters. The zero-order valence-corrected chi connectivity index (χ0v) is 17.3. The summed E-state index contributed by atoms with van der Waals surface area (Å²) in [6.45, 7) is 6.21. The van der Waals surface area contributed by atoms with E-state index in [1.165, 1.54) is 16.8 Å². The van der Waals surface area contributed by atoms with E-state index < -0.39 is 6.03 Å². The number of quaternary nitrogens is 2. The second kappa shape index (κ2) is 10.1. The van der Waals surface area contributed by atoms with Gasteiger partial charge in [0.25, 0.3) is 5.91 Å². The van der Waals surface area contributed by atoms with Crippen molar-refractivity contribution in [3.8, 4) is 17.2 Å². The lowest BCUT2D eigenvalue weighted by molar-refractivity contribution is -1.02. The van der Waals surface area contributed by atoms with Crippen LogP contribution in [0.25, 0.3) is 0 Å². The predicted octanol–water partition coefficient (Wildman–Crippen LogP) is -2.16. The maximum absolute atomic E-state index is 12.2. The summed E-state index contributed by atoms with van der Waals surface area (Å²) >= 11 is 0. The average molecular weight is 396 g/mol. The number of hydrogen-bond acceptors (Lipinski definition) is 5. The molecule has 3 amide bonds. The van der Waals surface area contributed by atoms with E-state index in [1.54, 1.807) is 21.3 Å². The molecule has 1 fully saturated rings. The molecule has 28 heavy (non-hydrogen) atoms. The number of carbonyl (C=O) groups is 2. The molecule has 4 N–H and O–H groups in total. The molecule has 0 radical (unpaired) electrons. The van der Waals surface area contributed by atoms with E-state index in [0.717, 1.165) is 38.3 Å². The summed E-state index contributed by atoms with van der Waals surface area (Å²) in [6.07, 6.45) is 0. The summed E-state index contributed by atoms with van der Waals surface area (Å²) in [5.41, 5.74) is 1.06. The van der Waals surface area contributed by atoms with E-state index in [1.807, 2.05) is 19.1 Å². The number of hydrogen-bond donors (Lipinski definition) is 4. The number of piperazine rings is 1. The quantitative estimate of drug-likeness (QED) is 0.421. The lowest BCUT2D eigenvalue weighted by Crippen LogP contribution is -3.29. The molecule has 156 valence electrons. The first-order valence-electron chi connectivity index (χ1n) is 9.43. The Balaban J connectivity index is 1.97. The highest BCUT2D eigenvalue weighted by molar-refractivity contribution is 5.96. The number of amides is 3. The number of nitrogens with one attached hydrogen (secondary N) is 4. The van der Waals surface area contributed by atoms with Crippen LogP contribution in [0.4, 0.5) is 4.79 Å². The molecule has 0 bridgehead atoms. The van der Waals surface area contributed by atoms with Crippen molar-refractivity contribution >= 4 is 11.9 Å². The number of benzene rings is 1. The molecule has 2 rings (SSSR count). The topological polar surface area (TPSA) is 94.8 Å². The Bertz CT molecular complexity index is 689. The molecule has 1 aromatic rings. The minimum Gasteiger partial charge on any atom is -0.493 e. The van der Waals surface area contributed by atoms with Crippen molar-refractivity contribution < 1.29 is 33.6 Å². The Labute approximate surface area is 165 Å². The first-order chi connectivity index (χ1) is 13.4. The van der Waals surface area contributed by atoms with E-state index in [-0.39, 0.29) is 11.9 Å². The average Bonchev–Trinajstić information content (AvgIpc) is 2.72. The van der Waals surface area contributed by atoms with Crippen LogP contribution < -0.4 is 34.6 Å². The molecule has 1 saturated heterocycles. The molecule has 9 nitrogen and oxygen atoms in total. The van der Waals surface area contributed by atoms with Crippen molar-refractivity contribution in [3.63, 3.8) is 0 Å². The highest BCUT2D eigenvalue weighted by Gasteiger charge is 2.32. The van der Waals surface area contributed by atoms with E-state index in [0.29, 0.717) is 17.2 Å². The van der Waals surface area contributed by atoms with Gasteiger partial charge in [-0.05, 0) is 19.1 Å². The lowest BCUT2D eigenvalue weighted by atomic mass is 10.1. The summed E-state index contributed by atoms with van der Waals surface area (Å²) < 4.78 is 16.4. The van der Waals surface area contributed by atoms with Crippen molar-refractivity contribution in [2.24, 2.45) is 0 Å². The monoisotopic (exact) mass is 396 g/mol. The van der Waals surface area contributed by atoms with Gasteiger partial charge in [-0.1, -0.05) is 0 Å². The van der Waals surface area contributed by atoms with Gasteiger partial charge in [-0.2, -0.15) is 0 Å². The van der Waals surface area contributed by atoms with Crippen LogP contribution in [0, 0.1) is 0 Å². The number of imide groups is 1. The zero-order valence-electron chi connectivity index (χ0n) is 17.3. The van der Waals surface area contributed by atoms with Crippen LogP contribution in [-0.2, 0) is 11.3 Å². The molecule has 1 aromatic carbocycles. The van der Waals surface area contributed by atoms with Gasteiger partial charge in [0.15, 0.2) is 17.5 Å². The van der Waals surface area contributed by atoms with Crippen LogP contribution in [-0.4, -0.2) is 72.5 Å². The fourth-order valence-corrected chi connectivity index (χ4v) is 3.57. The van der Waals surface area contributed by atoms with Crippen LogP contribution in [0.1, 0.15) is 12.5 Å². The molecule has 0 aromatic heterocycles. The van der Waals surface area contributed by atoms with Crippen molar-refractivity contribution in [1.29, 1.82) is 0 Å². The van der Waals surface area contributed by atoms with Crippen molar-refractivity contribution in [3.05, 3.63) is 17.7 Å². The Hall–Kier alpha value is -2.52. The Morgan fingerprint density at radius 3 is 2.21 bits per heavy atom. The molecular weight excluding hydrogens is 364 g/mol. The summed E-state index contributed by atoms with van der Waals surface area (Å²) in [7, 11) is 6.33. The molecule has 0 spiro atoms. The van der Waals surface area contributed by atoms with Gasteiger partial charge in [-0.25, -0.2) is 4.79 Å². The number of ether oxygens (including phenoxy) is 3. The molecule has 0 aliphatic carbocycles. The van der Waals surface area contributed by atoms with Crippen LogP contribution in [0.3, 0.4) is 0 Å². The normalized spacial score (nSPS) is 20.0. The van der Waals surface area contributed by atoms with Gasteiger partial charge in [0.05, 0.1) is 26.9 Å². The number of urea groups is 1. The first kappa shape index (κ1) is 21.8. The molecule has 1 aliphatic rings. The van der Waals surface area contributed by atoms with Gasteiger partial charge >= 0.3 is 6.03 Å². The molecule has 1 heterocycles. The van der Waals surface area contributed by atoms with Crippen molar-refractivity contribution in [1.82, 2.24) is 10.6 Å². The molecule has 1 aliphatic heterocycles. The van der Waals surface area contributed by atoms with E-state index >= 15 is 0 Å². The first-order valence-corrected chi connectivity index (χ1v) is 9.43. The minimum atomic E-state index is -0.471. The van der Waals surface area contributed by atoms with Crippen molar-refractivity contribution in [2.75, 3.05) is 54.6 Å². The lowest BCUT2D eigenvalue weighted by Gasteiger charge is -2.32. The number of carbonyl (C=O) groups excluding carboxylic acids is 2. The van der Waals surface area contributed by atoms with E-state index in [4.69, 9.17) is 14.2 Å². The Morgan fingerprint density at radius 2 is 1.68 bits per heavy atom. The molecule has 9 heteroatoms. The molecular formula is C19H32N4O5+2. The fraction of sp³-hybridized carbons (Fsp3) is 0.579. The van der Waals surface area contributed by atoms with Crippen molar-refractivity contribution in [2.45, 2.75) is 19.5 Å². The SMILES string of the molecule is CNC(=O)NC(=O)[C@H](C)[NH+]1CC[NH+](Cc2ccc(OC)c(OC)c2OC)CC1. The number of rotatable bonds is 7. The minimum absolute atomic E-state index is 0.251. The Morgan fingerprint density at radius 1 is 1.04 bits per heavy atom. The van der Waals surface area contributed by atoms with Crippen LogP contribution in [0.15, 0.2) is 12.1 Å². The highest BCUT2D eigenvalue weighted by atomic mass is 16.5. The third kappa shape index (κ3) is 5.05. The summed E-state index contributed by atoms with van der Waals surface area (Å²) in [5, 5.41) is 4.76. The maximum atomic E-state index is 12.2. The largest absolute Gasteiger partial charge is 0.493 e. The third-order valence-electron chi connectivity index (χ3n) is 5.29. The second-order valence-electron chi connectivity index (χ2n) is 6.87. The zero-order chi connectivity index (χ0) is 20.7. The maximum Gasteiger partial charge on any atom is 0.321 e. The molecule has 0 unspecified atom stereocenters. The third-order valence-corrected chi connectivity index (χ3v) is 5.29. The van der Waals surface area contributed by atoms with Gasteiger partial charge in [0.2, 0.25) is 5.75 Å². The Kier molecular flexibility index (Phi) is 7.89. The van der Waals surface area contributed by atoms with Crippen LogP contribution in [0.2, 0.25) is 0 Å². The van der Waals surface area contributed by atoms with Gasteiger partial charge in [-0.15, -0.1) is 0 Å². The van der Waals surface area contributed by atoms with Gasteiger partial charge in [-0.3, -0.25) is 10.1 Å². The number of methoxy groups -OCH3 is 3. The van der Waals surface area contributed by atoms with E-state index in [9.17, 15) is 9.59 Å². The van der Waals surface area contributed by atoms with Crippen LogP contribution in [0.5, 0.6) is 17.2 Å². The summed E-state index contributed by atoms with van der Waals surface area (Å²) in [4.78, 5) is 26.1. The van der Waals surface area contributed by atoms with Gasteiger partial charge in [0, 0.05) is 7.05 Å². The molecule has 0 saturated carbocycles. The summed E-state index contributed by atoms with van der Waals surface area (Å²) in [6, 6.07) is 3.16. The highest BCUT2D eigenvalue weighted by Crippen LogP contribution is 2.39. The van der Waals surface area contributed by atoms with Crippen LogP contribution >= 0.6 is 0 Å². The standard InChI is InChI=1S/C19H30N4O5/c1-13(18(24)21-19(25)20-2)23-10-8-22(9-11-23)12-14-6-7-15(26-3)17(28-5)16(14)27-4/h6-7,13H,8-12H2,1-5H3,(H2,20,21,24,25)/p+2/t13-/m0/s1. The van der Waals surface area contributed by atoms with Gasteiger partial charge in [0.1, 0.15) is 32.7 Å². The van der Waals surface area contributed by atoms with E-state index in [2.05, 4.69) is 10.6 Å². The predicted molar refractivity (Wildman–Crippen MR) is 103 cm³/mol. The summed E-state index contributed by atoms with van der Waals surface area (Å²) in [5.74, 6) is 1.69. The van der Waals surface area contributed by atoms with Gasteiger partial charge < -0.3 is 29.3 Å². The second-order valence-corrected chi connectivity index (χ2v) is 6.87. The smallest absolute Gasteiger partial charge is 0.321 e.